The number of benzene rings is 3. The number of carbonyl (C=O) groups is 4. The molecule has 0 aliphatic carbocycles. The van der Waals surface area contributed by atoms with Crippen molar-refractivity contribution in [1.29, 1.82) is 0 Å². The van der Waals surface area contributed by atoms with E-state index in [0.717, 1.165) is 22.5 Å². The van der Waals surface area contributed by atoms with Gasteiger partial charge in [0.05, 0.1) is 29.6 Å². The number of carbonyl (C=O) groups excluding carboxylic acids is 4. The van der Waals surface area contributed by atoms with Gasteiger partial charge < -0.3 is 25.2 Å². The lowest BCUT2D eigenvalue weighted by atomic mass is 9.99. The van der Waals surface area contributed by atoms with Crippen molar-refractivity contribution in [3.05, 3.63) is 89.0 Å². The number of ether oxygens (including phenoxy) is 1. The summed E-state index contributed by atoms with van der Waals surface area (Å²) in [6.45, 7) is 0.554. The number of hydrogen-bond donors (Lipinski definition) is 2. The summed E-state index contributed by atoms with van der Waals surface area (Å²) in [6, 6.07) is 20.3. The molecule has 2 heterocycles. The summed E-state index contributed by atoms with van der Waals surface area (Å²) in [6.07, 6.45) is 1.03. The van der Waals surface area contributed by atoms with E-state index in [1.165, 1.54) is 12.0 Å². The Hall–Kier alpha value is -4.92. The van der Waals surface area contributed by atoms with Crippen molar-refractivity contribution in [3.63, 3.8) is 0 Å². The second-order valence-corrected chi connectivity index (χ2v) is 9.87. The molecule has 3 aromatic rings. The molecular weight excluding hydrogens is 508 g/mol. The molecule has 2 N–H and O–H groups in total. The molecule has 0 aromatic heterocycles. The summed E-state index contributed by atoms with van der Waals surface area (Å²) in [5.74, 6) is -0.917. The number of hydrogen-bond acceptors (Lipinski definition) is 6. The smallest absolute Gasteiger partial charge is 0.337 e. The van der Waals surface area contributed by atoms with Crippen LogP contribution in [0, 0.1) is 0 Å². The monoisotopic (exact) mass is 538 g/mol. The summed E-state index contributed by atoms with van der Waals surface area (Å²) in [5, 5.41) is 6.33. The molecule has 0 radical (unpaired) electrons. The fourth-order valence-corrected chi connectivity index (χ4v) is 5.00. The quantitative estimate of drug-likeness (QED) is 0.346. The largest absolute Gasteiger partial charge is 0.465 e. The second kappa shape index (κ2) is 11.1. The van der Waals surface area contributed by atoms with Crippen LogP contribution in [0.2, 0.25) is 0 Å². The van der Waals surface area contributed by atoms with E-state index in [0.29, 0.717) is 41.1 Å². The summed E-state index contributed by atoms with van der Waals surface area (Å²) >= 11 is 0. The number of anilines is 3. The molecule has 2 aliphatic heterocycles. The normalized spacial score (nSPS) is 14.7. The summed E-state index contributed by atoms with van der Waals surface area (Å²) in [4.78, 5) is 53.3. The van der Waals surface area contributed by atoms with E-state index in [4.69, 9.17) is 4.74 Å². The average Bonchev–Trinajstić information content (AvgIpc) is 3.53. The minimum Gasteiger partial charge on any atom is -0.465 e. The van der Waals surface area contributed by atoms with Crippen LogP contribution in [-0.4, -0.2) is 56.3 Å². The number of nitrogens with one attached hydrogen (secondary N) is 2. The molecule has 0 bridgehead atoms. The van der Waals surface area contributed by atoms with E-state index >= 15 is 0 Å². The molecule has 0 fully saturated rings. The lowest BCUT2D eigenvalue weighted by Gasteiger charge is -2.19. The fraction of sp³-hybridized carbons (Fsp3) is 0.226. The maximum absolute atomic E-state index is 13.2. The molecule has 3 amide bonds. The van der Waals surface area contributed by atoms with Crippen LogP contribution in [0.15, 0.2) is 66.7 Å². The first-order chi connectivity index (χ1) is 19.3. The van der Waals surface area contributed by atoms with Gasteiger partial charge in [-0.2, -0.15) is 0 Å². The van der Waals surface area contributed by atoms with Crippen molar-refractivity contribution >= 4 is 52.0 Å². The van der Waals surface area contributed by atoms with Gasteiger partial charge in [0.1, 0.15) is 0 Å². The molecule has 3 aromatic carbocycles. The Bertz CT molecular complexity index is 1540. The van der Waals surface area contributed by atoms with Crippen molar-refractivity contribution in [2.75, 3.05) is 43.3 Å². The van der Waals surface area contributed by atoms with E-state index < -0.39 is 5.97 Å². The van der Waals surface area contributed by atoms with E-state index in [2.05, 4.69) is 10.6 Å². The predicted molar refractivity (Wildman–Crippen MR) is 154 cm³/mol. The van der Waals surface area contributed by atoms with Crippen LogP contribution in [0.1, 0.15) is 39.9 Å². The zero-order chi connectivity index (χ0) is 28.4. The minimum absolute atomic E-state index is 0.0761. The van der Waals surface area contributed by atoms with Gasteiger partial charge in [0.25, 0.3) is 5.91 Å². The number of esters is 1. The molecule has 0 atom stereocenters. The zero-order valence-corrected chi connectivity index (χ0v) is 22.6. The Morgan fingerprint density at radius 1 is 0.975 bits per heavy atom. The Morgan fingerprint density at radius 2 is 1.75 bits per heavy atom. The van der Waals surface area contributed by atoms with Crippen LogP contribution < -0.4 is 15.5 Å². The molecule has 2 aliphatic rings. The Balaban J connectivity index is 1.46. The van der Waals surface area contributed by atoms with Crippen molar-refractivity contribution in [2.45, 2.75) is 19.3 Å². The van der Waals surface area contributed by atoms with Crippen molar-refractivity contribution in [1.82, 2.24) is 4.90 Å². The van der Waals surface area contributed by atoms with Crippen molar-refractivity contribution < 1.29 is 23.9 Å². The molecule has 9 heteroatoms. The van der Waals surface area contributed by atoms with Gasteiger partial charge >= 0.3 is 5.97 Å². The number of rotatable bonds is 7. The Kier molecular flexibility index (Phi) is 7.37. The van der Waals surface area contributed by atoms with Gasteiger partial charge in [0, 0.05) is 50.4 Å². The fourth-order valence-electron chi connectivity index (χ4n) is 5.00. The first-order valence-corrected chi connectivity index (χ1v) is 13.0. The summed E-state index contributed by atoms with van der Waals surface area (Å²) < 4.78 is 4.82. The van der Waals surface area contributed by atoms with Gasteiger partial charge in [-0.05, 0) is 47.9 Å². The number of nitrogens with zero attached hydrogens (tertiary/aromatic N) is 2. The standard InChI is InChI=1S/C31H30N4O5/c1-34(2)26(36)13-14-27(37)35-16-15-20-17-22(10-12-25(20)35)32-29(19-7-5-4-6-8-19)28-23-11-9-21(31(39)40-3)18-24(23)33-30(28)38/h4-12,17-18,32H,13-16H2,1-3H3,(H,33,38)/b29-28-. The highest BCUT2D eigenvalue weighted by Crippen LogP contribution is 2.39. The van der Waals surface area contributed by atoms with Gasteiger partial charge in [-0.3, -0.25) is 14.4 Å². The first kappa shape index (κ1) is 26.7. The molecular formula is C31H30N4O5. The maximum atomic E-state index is 13.2. The molecule has 40 heavy (non-hydrogen) atoms. The first-order valence-electron chi connectivity index (χ1n) is 13.0. The molecule has 204 valence electrons. The number of amides is 3. The summed E-state index contributed by atoms with van der Waals surface area (Å²) in [7, 11) is 4.67. The highest BCUT2D eigenvalue weighted by atomic mass is 16.5. The van der Waals surface area contributed by atoms with E-state index in [-0.39, 0.29) is 30.6 Å². The highest BCUT2D eigenvalue weighted by molar-refractivity contribution is 6.37. The van der Waals surface area contributed by atoms with Crippen molar-refractivity contribution in [2.24, 2.45) is 0 Å². The maximum Gasteiger partial charge on any atom is 0.337 e. The predicted octanol–water partition coefficient (Wildman–Crippen LogP) is 4.16. The van der Waals surface area contributed by atoms with Crippen LogP contribution in [0.5, 0.6) is 0 Å². The lowest BCUT2D eigenvalue weighted by Crippen LogP contribution is -2.30. The highest BCUT2D eigenvalue weighted by Gasteiger charge is 2.30. The SMILES string of the molecule is COC(=O)c1ccc2c(c1)NC(=O)/C2=C(\Nc1ccc2c(c1)CCN2C(=O)CCC(=O)N(C)C)c1ccccc1. The molecule has 0 saturated carbocycles. The third kappa shape index (κ3) is 5.18. The Morgan fingerprint density at radius 3 is 2.48 bits per heavy atom. The van der Waals surface area contributed by atoms with Crippen LogP contribution >= 0.6 is 0 Å². The molecule has 0 saturated heterocycles. The molecule has 0 spiro atoms. The topological polar surface area (TPSA) is 108 Å². The zero-order valence-electron chi connectivity index (χ0n) is 22.6. The minimum atomic E-state index is -0.481. The lowest BCUT2D eigenvalue weighted by molar-refractivity contribution is -0.131. The summed E-state index contributed by atoms with van der Waals surface area (Å²) in [5.41, 5.74) is 6.07. The van der Waals surface area contributed by atoms with Crippen LogP contribution in [0.4, 0.5) is 17.1 Å². The van der Waals surface area contributed by atoms with Crippen LogP contribution in [0.25, 0.3) is 11.3 Å². The van der Waals surface area contributed by atoms with Crippen LogP contribution in [0.3, 0.4) is 0 Å². The Labute approximate surface area is 232 Å². The van der Waals surface area contributed by atoms with Gasteiger partial charge in [0.15, 0.2) is 0 Å². The molecule has 9 nitrogen and oxygen atoms in total. The number of fused-ring (bicyclic) bond motifs is 2. The van der Waals surface area contributed by atoms with Crippen LogP contribution in [-0.2, 0) is 25.5 Å². The van der Waals surface area contributed by atoms with Gasteiger partial charge in [-0.1, -0.05) is 36.4 Å². The second-order valence-electron chi connectivity index (χ2n) is 9.87. The van der Waals surface area contributed by atoms with E-state index in [1.54, 1.807) is 37.2 Å². The average molecular weight is 539 g/mol. The number of methoxy groups -OCH3 is 1. The van der Waals surface area contributed by atoms with E-state index in [1.807, 2.05) is 48.5 Å². The molecule has 0 unspecified atom stereocenters. The van der Waals surface area contributed by atoms with Gasteiger partial charge in [0.2, 0.25) is 11.8 Å². The van der Waals surface area contributed by atoms with E-state index in [9.17, 15) is 19.2 Å². The molecule has 5 rings (SSSR count). The third-order valence-corrected chi connectivity index (χ3v) is 7.09. The third-order valence-electron chi connectivity index (χ3n) is 7.09. The van der Waals surface area contributed by atoms with Gasteiger partial charge in [-0.15, -0.1) is 0 Å². The van der Waals surface area contributed by atoms with Gasteiger partial charge in [-0.25, -0.2) is 4.79 Å². The van der Waals surface area contributed by atoms with Crippen molar-refractivity contribution in [3.8, 4) is 0 Å².